The maximum Gasteiger partial charge on any atom is 0.134 e. The molecule has 0 saturated carbocycles. The Kier molecular flexibility index (Phi) is 5.51. The van der Waals surface area contributed by atoms with Gasteiger partial charge in [0.1, 0.15) is 11.1 Å². The van der Waals surface area contributed by atoms with E-state index in [1.165, 1.54) is 4.88 Å². The summed E-state index contributed by atoms with van der Waals surface area (Å²) < 4.78 is 5.90. The van der Waals surface area contributed by atoms with Gasteiger partial charge in [-0.1, -0.05) is 30.3 Å². The highest BCUT2D eigenvalue weighted by Gasteiger charge is 2.18. The molecule has 1 heterocycles. The highest BCUT2D eigenvalue weighted by atomic mass is 32.1. The van der Waals surface area contributed by atoms with Gasteiger partial charge < -0.3 is 10.1 Å². The number of aromatic nitrogens is 1. The lowest BCUT2D eigenvalue weighted by Crippen LogP contribution is -2.34. The molecule has 0 aliphatic rings. The van der Waals surface area contributed by atoms with E-state index >= 15 is 0 Å². The van der Waals surface area contributed by atoms with Crippen molar-refractivity contribution in [3.63, 3.8) is 0 Å². The molecule has 0 fully saturated rings. The molecule has 1 atom stereocenters. The molecule has 1 aromatic heterocycles. The molecule has 0 bridgehead atoms. The van der Waals surface area contributed by atoms with Crippen LogP contribution in [0.15, 0.2) is 36.5 Å². The largest absolute Gasteiger partial charge is 0.367 e. The minimum Gasteiger partial charge on any atom is -0.367 e. The van der Waals surface area contributed by atoms with Crippen LogP contribution in [-0.4, -0.2) is 17.1 Å². The zero-order valence-electron chi connectivity index (χ0n) is 13.2. The van der Waals surface area contributed by atoms with Crippen molar-refractivity contribution in [2.45, 2.75) is 45.9 Å². The number of hydrogen-bond donors (Lipinski definition) is 1. The predicted molar refractivity (Wildman–Crippen MR) is 88.6 cm³/mol. The van der Waals surface area contributed by atoms with Crippen LogP contribution in [0.2, 0.25) is 0 Å². The SMILES string of the molecule is CCOC(c1ccccc1)c1ncc(CNC(C)(C)C)s1. The molecule has 0 radical (unpaired) electrons. The molecule has 2 aromatic rings. The summed E-state index contributed by atoms with van der Waals surface area (Å²) >= 11 is 1.72. The number of nitrogens with one attached hydrogen (secondary N) is 1. The lowest BCUT2D eigenvalue weighted by molar-refractivity contribution is 0.0911. The molecule has 3 nitrogen and oxygen atoms in total. The molecule has 21 heavy (non-hydrogen) atoms. The molecule has 0 amide bonds. The fourth-order valence-electron chi connectivity index (χ4n) is 1.98. The van der Waals surface area contributed by atoms with Crippen LogP contribution in [0.1, 0.15) is 49.2 Å². The molecule has 4 heteroatoms. The summed E-state index contributed by atoms with van der Waals surface area (Å²) in [4.78, 5) is 5.80. The van der Waals surface area contributed by atoms with Gasteiger partial charge in [-0.2, -0.15) is 0 Å². The Morgan fingerprint density at radius 2 is 1.95 bits per heavy atom. The number of benzene rings is 1. The Morgan fingerprint density at radius 1 is 1.24 bits per heavy atom. The highest BCUT2D eigenvalue weighted by Crippen LogP contribution is 2.29. The van der Waals surface area contributed by atoms with Gasteiger partial charge in [-0.15, -0.1) is 11.3 Å². The maximum absolute atomic E-state index is 5.90. The Hall–Kier alpha value is -1.23. The summed E-state index contributed by atoms with van der Waals surface area (Å²) in [5, 5.41) is 4.51. The fraction of sp³-hybridized carbons (Fsp3) is 0.471. The van der Waals surface area contributed by atoms with Gasteiger partial charge in [0.25, 0.3) is 0 Å². The van der Waals surface area contributed by atoms with Gasteiger partial charge in [0.2, 0.25) is 0 Å². The molecule has 114 valence electrons. The van der Waals surface area contributed by atoms with Gasteiger partial charge in [0.15, 0.2) is 0 Å². The van der Waals surface area contributed by atoms with Crippen molar-refractivity contribution in [3.05, 3.63) is 52.0 Å². The number of nitrogens with zero attached hydrogens (tertiary/aromatic N) is 1. The van der Waals surface area contributed by atoms with Crippen molar-refractivity contribution in [3.8, 4) is 0 Å². The van der Waals surface area contributed by atoms with Crippen LogP contribution >= 0.6 is 11.3 Å². The van der Waals surface area contributed by atoms with Gasteiger partial charge in [-0.3, -0.25) is 0 Å². The molecule has 2 rings (SSSR count). The molecule has 0 aliphatic carbocycles. The minimum atomic E-state index is -0.0652. The Bertz CT molecular complexity index is 545. The van der Waals surface area contributed by atoms with E-state index < -0.39 is 0 Å². The van der Waals surface area contributed by atoms with Crippen LogP contribution in [0, 0.1) is 0 Å². The first kappa shape index (κ1) is 16.1. The second-order valence-corrected chi connectivity index (χ2v) is 7.16. The van der Waals surface area contributed by atoms with Crippen molar-refractivity contribution in [1.82, 2.24) is 10.3 Å². The second kappa shape index (κ2) is 7.16. The summed E-state index contributed by atoms with van der Waals surface area (Å²) in [5.74, 6) is 0. The molecular formula is C17H24N2OS. The zero-order valence-corrected chi connectivity index (χ0v) is 14.0. The van der Waals surface area contributed by atoms with Crippen LogP contribution in [-0.2, 0) is 11.3 Å². The Balaban J connectivity index is 2.13. The number of rotatable bonds is 6. The van der Waals surface area contributed by atoms with E-state index in [4.69, 9.17) is 4.74 Å². The summed E-state index contributed by atoms with van der Waals surface area (Å²) in [6, 6.07) is 10.3. The van der Waals surface area contributed by atoms with Gasteiger partial charge in [-0.25, -0.2) is 4.98 Å². The van der Waals surface area contributed by atoms with Gasteiger partial charge in [-0.05, 0) is 33.3 Å². The third kappa shape index (κ3) is 4.92. The van der Waals surface area contributed by atoms with Crippen LogP contribution in [0.25, 0.3) is 0 Å². The summed E-state index contributed by atoms with van der Waals surface area (Å²) in [6.07, 6.45) is 1.89. The van der Waals surface area contributed by atoms with Crippen molar-refractivity contribution >= 4 is 11.3 Å². The van der Waals surface area contributed by atoms with E-state index in [2.05, 4.69) is 43.2 Å². The standard InChI is InChI=1S/C17H24N2OS/c1-5-20-15(13-9-7-6-8-10-13)16-18-11-14(21-16)12-19-17(2,3)4/h6-11,15,19H,5,12H2,1-4H3. The summed E-state index contributed by atoms with van der Waals surface area (Å²) in [5.41, 5.74) is 1.27. The molecule has 0 spiro atoms. The molecule has 0 saturated heterocycles. The van der Waals surface area contributed by atoms with Crippen LogP contribution in [0.4, 0.5) is 0 Å². The normalized spacial score (nSPS) is 13.3. The average molecular weight is 304 g/mol. The fourth-order valence-corrected chi connectivity index (χ4v) is 2.92. The highest BCUT2D eigenvalue weighted by molar-refractivity contribution is 7.11. The zero-order chi connectivity index (χ0) is 15.3. The Labute approximate surface area is 131 Å². The van der Waals surface area contributed by atoms with Crippen LogP contribution in [0.3, 0.4) is 0 Å². The van der Waals surface area contributed by atoms with Gasteiger partial charge in [0.05, 0.1) is 0 Å². The van der Waals surface area contributed by atoms with Crippen molar-refractivity contribution < 1.29 is 4.74 Å². The van der Waals surface area contributed by atoms with Crippen LogP contribution in [0.5, 0.6) is 0 Å². The molecule has 1 unspecified atom stereocenters. The number of ether oxygens (including phenoxy) is 1. The number of hydrogen-bond acceptors (Lipinski definition) is 4. The molecule has 1 aromatic carbocycles. The third-order valence-electron chi connectivity index (χ3n) is 3.02. The first-order valence-corrected chi connectivity index (χ1v) is 8.17. The van der Waals surface area contributed by atoms with E-state index in [1.807, 2.05) is 31.3 Å². The Morgan fingerprint density at radius 3 is 2.57 bits per heavy atom. The molecule has 1 N–H and O–H groups in total. The monoisotopic (exact) mass is 304 g/mol. The lowest BCUT2D eigenvalue weighted by Gasteiger charge is -2.19. The lowest BCUT2D eigenvalue weighted by atomic mass is 10.1. The third-order valence-corrected chi connectivity index (χ3v) is 4.06. The van der Waals surface area contributed by atoms with Gasteiger partial charge >= 0.3 is 0 Å². The average Bonchev–Trinajstić information content (AvgIpc) is 2.91. The topological polar surface area (TPSA) is 34.1 Å². The van der Waals surface area contributed by atoms with E-state index in [-0.39, 0.29) is 11.6 Å². The quantitative estimate of drug-likeness (QED) is 0.870. The van der Waals surface area contributed by atoms with E-state index in [0.29, 0.717) is 6.61 Å². The second-order valence-electron chi connectivity index (χ2n) is 6.01. The maximum atomic E-state index is 5.90. The van der Waals surface area contributed by atoms with E-state index in [0.717, 1.165) is 17.1 Å². The van der Waals surface area contributed by atoms with Crippen molar-refractivity contribution in [1.29, 1.82) is 0 Å². The number of thiazole rings is 1. The van der Waals surface area contributed by atoms with E-state index in [1.54, 1.807) is 11.3 Å². The van der Waals surface area contributed by atoms with Crippen molar-refractivity contribution in [2.75, 3.05) is 6.61 Å². The first-order valence-electron chi connectivity index (χ1n) is 7.36. The summed E-state index contributed by atoms with van der Waals surface area (Å²) in [7, 11) is 0. The van der Waals surface area contributed by atoms with Crippen molar-refractivity contribution in [2.24, 2.45) is 0 Å². The molecule has 0 aliphatic heterocycles. The summed E-state index contributed by atoms with van der Waals surface area (Å²) in [6.45, 7) is 10.0. The first-order chi connectivity index (χ1) is 9.99. The van der Waals surface area contributed by atoms with E-state index in [9.17, 15) is 0 Å². The van der Waals surface area contributed by atoms with Crippen LogP contribution < -0.4 is 5.32 Å². The smallest absolute Gasteiger partial charge is 0.134 e. The van der Waals surface area contributed by atoms with Gasteiger partial charge in [0, 0.05) is 29.8 Å². The predicted octanol–water partition coefficient (Wildman–Crippen LogP) is 4.16. The molecular weight excluding hydrogens is 280 g/mol. The minimum absolute atomic E-state index is 0.0652.